The smallest absolute Gasteiger partial charge is 0.411 e. The molecule has 0 spiro atoms. The molecule has 1 N–H and O–H groups in total. The number of esters is 3. The monoisotopic (exact) mass is 756 g/mol. The number of cyclic esters (lactones) is 2. The average molecular weight is 757 g/mol. The summed E-state index contributed by atoms with van der Waals surface area (Å²) < 4.78 is 32.3. The standard InChI is InChI=1S/C37H48N4O13/c1-36(2,3)54-33(46)38-17-29(42)16-37(24-52-31(44)19-40(5)34(47)49-21-27-12-8-6-9-13-27)23-51-30(43)18-39(4)26-41(20-32(45)53-25-37)35(48)50-22-28-14-10-7-11-15-28/h6-15H,16-26H2,1-5H3,(H,38,46). The molecule has 1 fully saturated rings. The summed E-state index contributed by atoms with van der Waals surface area (Å²) in [6.07, 6.45) is -3.04. The molecule has 294 valence electrons. The van der Waals surface area contributed by atoms with Gasteiger partial charge in [0.2, 0.25) is 0 Å². The third-order valence-electron chi connectivity index (χ3n) is 7.50. The highest BCUT2D eigenvalue weighted by Crippen LogP contribution is 2.26. The minimum atomic E-state index is -1.66. The molecule has 0 aromatic heterocycles. The summed E-state index contributed by atoms with van der Waals surface area (Å²) in [4.78, 5) is 93.6. The van der Waals surface area contributed by atoms with E-state index in [1.54, 1.807) is 75.4 Å². The first kappa shape index (κ1) is 42.7. The number of hydrogen-bond acceptors (Lipinski definition) is 14. The van der Waals surface area contributed by atoms with Crippen LogP contribution in [0.3, 0.4) is 0 Å². The van der Waals surface area contributed by atoms with E-state index in [1.165, 1.54) is 19.0 Å². The molecule has 0 saturated carbocycles. The van der Waals surface area contributed by atoms with Crippen molar-refractivity contribution in [2.45, 2.75) is 46.0 Å². The van der Waals surface area contributed by atoms with Gasteiger partial charge in [-0.3, -0.25) is 29.0 Å². The van der Waals surface area contributed by atoms with Crippen molar-refractivity contribution < 1.29 is 62.0 Å². The molecule has 2 aromatic carbocycles. The van der Waals surface area contributed by atoms with E-state index in [0.29, 0.717) is 5.56 Å². The Morgan fingerprint density at radius 3 is 1.96 bits per heavy atom. The minimum absolute atomic E-state index is 0.0320. The molecule has 0 aliphatic carbocycles. The van der Waals surface area contributed by atoms with E-state index in [9.17, 15) is 33.6 Å². The van der Waals surface area contributed by atoms with Crippen molar-refractivity contribution in [1.29, 1.82) is 0 Å². The Balaban J connectivity index is 1.75. The van der Waals surface area contributed by atoms with E-state index in [2.05, 4.69) is 5.32 Å². The molecule has 1 aliphatic rings. The molecule has 2 aromatic rings. The summed E-state index contributed by atoms with van der Waals surface area (Å²) in [5.74, 6) is -3.19. The largest absolute Gasteiger partial charge is 0.464 e. The Morgan fingerprint density at radius 1 is 0.833 bits per heavy atom. The van der Waals surface area contributed by atoms with Gasteiger partial charge in [-0.2, -0.15) is 0 Å². The minimum Gasteiger partial charge on any atom is -0.464 e. The third-order valence-corrected chi connectivity index (χ3v) is 7.50. The Kier molecular flexibility index (Phi) is 16.2. The van der Waals surface area contributed by atoms with Gasteiger partial charge in [-0.25, -0.2) is 14.4 Å². The molecule has 0 bridgehead atoms. The van der Waals surface area contributed by atoms with Crippen LogP contribution in [0.25, 0.3) is 0 Å². The van der Waals surface area contributed by atoms with E-state index >= 15 is 0 Å². The number of likely N-dealkylation sites (N-methyl/N-ethyl adjacent to an activating group) is 2. The molecular formula is C37H48N4O13. The normalized spacial score (nSPS) is 17.0. The third kappa shape index (κ3) is 15.9. The van der Waals surface area contributed by atoms with E-state index in [1.807, 2.05) is 6.07 Å². The number of ketones is 1. The Bertz CT molecular complexity index is 1600. The van der Waals surface area contributed by atoms with Crippen LogP contribution in [0.2, 0.25) is 0 Å². The number of Topliss-reactive ketones (excluding diaryl/α,β-unsaturated/α-hetero) is 1. The van der Waals surface area contributed by atoms with Crippen LogP contribution in [0, 0.1) is 5.41 Å². The number of alkyl carbamates (subject to hydrolysis) is 1. The number of nitrogens with one attached hydrogen (secondary N) is 1. The molecule has 17 heteroatoms. The van der Waals surface area contributed by atoms with Crippen LogP contribution in [-0.4, -0.2) is 129 Å². The zero-order valence-corrected chi connectivity index (χ0v) is 31.2. The molecule has 1 aliphatic heterocycles. The number of rotatable bonds is 12. The fourth-order valence-corrected chi connectivity index (χ4v) is 4.87. The van der Waals surface area contributed by atoms with Gasteiger partial charge < -0.3 is 38.6 Å². The lowest BCUT2D eigenvalue weighted by Gasteiger charge is -2.33. The van der Waals surface area contributed by atoms with Gasteiger partial charge in [0.15, 0.2) is 5.78 Å². The lowest BCUT2D eigenvalue weighted by molar-refractivity contribution is -0.166. The van der Waals surface area contributed by atoms with Gasteiger partial charge in [0.25, 0.3) is 0 Å². The highest BCUT2D eigenvalue weighted by atomic mass is 16.6. The summed E-state index contributed by atoms with van der Waals surface area (Å²) in [7, 11) is 2.83. The second kappa shape index (κ2) is 20.5. The van der Waals surface area contributed by atoms with Gasteiger partial charge in [0.1, 0.15) is 51.7 Å². The van der Waals surface area contributed by atoms with Crippen molar-refractivity contribution in [2.75, 3.05) is 66.8 Å². The molecule has 1 saturated heterocycles. The SMILES string of the molecule is CN1CC(=O)OCC(COC(=O)CN(C)C(=O)OCc2ccccc2)(CC(=O)CNC(=O)OC(C)(C)C)COC(=O)CN(C(=O)OCc2ccccc2)C1. The predicted octanol–water partition coefficient (Wildman–Crippen LogP) is 2.90. The topological polar surface area (TPSA) is 197 Å². The first-order chi connectivity index (χ1) is 25.5. The molecule has 0 radical (unpaired) electrons. The fraction of sp³-hybridized carbons (Fsp3) is 0.486. The molecule has 1 heterocycles. The highest BCUT2D eigenvalue weighted by molar-refractivity contribution is 5.85. The van der Waals surface area contributed by atoms with E-state index in [4.69, 9.17) is 28.4 Å². The Hall–Kier alpha value is -5.71. The molecule has 1 atom stereocenters. The van der Waals surface area contributed by atoms with Gasteiger partial charge >= 0.3 is 36.2 Å². The van der Waals surface area contributed by atoms with Crippen LogP contribution in [0.4, 0.5) is 14.4 Å². The maximum atomic E-state index is 13.3. The van der Waals surface area contributed by atoms with Gasteiger partial charge in [-0.05, 0) is 38.9 Å². The van der Waals surface area contributed by atoms with Crippen molar-refractivity contribution in [2.24, 2.45) is 5.41 Å². The summed E-state index contributed by atoms with van der Waals surface area (Å²) in [5.41, 5.74) is -1.05. The highest BCUT2D eigenvalue weighted by Gasteiger charge is 2.39. The van der Waals surface area contributed by atoms with Gasteiger partial charge in [0.05, 0.1) is 25.2 Å². The van der Waals surface area contributed by atoms with Crippen LogP contribution in [0.15, 0.2) is 60.7 Å². The number of benzene rings is 2. The van der Waals surface area contributed by atoms with Crippen molar-refractivity contribution >= 4 is 42.0 Å². The molecular weight excluding hydrogens is 708 g/mol. The van der Waals surface area contributed by atoms with Crippen molar-refractivity contribution in [3.63, 3.8) is 0 Å². The lowest BCUT2D eigenvalue weighted by atomic mass is 9.85. The summed E-state index contributed by atoms with van der Waals surface area (Å²) in [6, 6.07) is 17.8. The van der Waals surface area contributed by atoms with Crippen molar-refractivity contribution in [3.8, 4) is 0 Å². The molecule has 54 heavy (non-hydrogen) atoms. The Labute approximate surface area is 313 Å². The first-order valence-corrected chi connectivity index (χ1v) is 17.0. The van der Waals surface area contributed by atoms with Crippen molar-refractivity contribution in [3.05, 3.63) is 71.8 Å². The zero-order valence-electron chi connectivity index (χ0n) is 31.2. The summed E-state index contributed by atoms with van der Waals surface area (Å²) in [5, 5.41) is 2.35. The average Bonchev–Trinajstić information content (AvgIpc) is 3.12. The van der Waals surface area contributed by atoms with Crippen LogP contribution >= 0.6 is 0 Å². The Morgan fingerprint density at radius 2 is 1.39 bits per heavy atom. The predicted molar refractivity (Wildman–Crippen MR) is 189 cm³/mol. The van der Waals surface area contributed by atoms with Crippen LogP contribution in [-0.2, 0) is 60.8 Å². The molecule has 3 amide bonds. The maximum absolute atomic E-state index is 13.3. The number of hydrogen-bond donors (Lipinski definition) is 1. The second-order valence-electron chi connectivity index (χ2n) is 13.8. The number of carbonyl (C=O) groups excluding carboxylic acids is 7. The van der Waals surface area contributed by atoms with Crippen LogP contribution in [0.5, 0.6) is 0 Å². The number of carbonyl (C=O) groups is 7. The maximum Gasteiger partial charge on any atom is 0.411 e. The van der Waals surface area contributed by atoms with E-state index in [0.717, 1.165) is 15.4 Å². The van der Waals surface area contributed by atoms with Crippen LogP contribution < -0.4 is 5.32 Å². The van der Waals surface area contributed by atoms with Gasteiger partial charge in [0, 0.05) is 13.5 Å². The lowest BCUT2D eigenvalue weighted by Crippen LogP contribution is -2.48. The molecule has 17 nitrogen and oxygen atoms in total. The second-order valence-corrected chi connectivity index (χ2v) is 13.8. The van der Waals surface area contributed by atoms with Gasteiger partial charge in [-0.1, -0.05) is 60.7 Å². The van der Waals surface area contributed by atoms with E-state index in [-0.39, 0.29) is 26.4 Å². The van der Waals surface area contributed by atoms with Crippen molar-refractivity contribution in [1.82, 2.24) is 20.0 Å². The fourth-order valence-electron chi connectivity index (χ4n) is 4.87. The first-order valence-electron chi connectivity index (χ1n) is 17.0. The van der Waals surface area contributed by atoms with Gasteiger partial charge in [-0.15, -0.1) is 0 Å². The number of nitrogens with zero attached hydrogens (tertiary/aromatic N) is 3. The summed E-state index contributed by atoms with van der Waals surface area (Å²) >= 11 is 0. The quantitative estimate of drug-likeness (QED) is 0.245. The van der Waals surface area contributed by atoms with E-state index < -0.39 is 98.9 Å². The van der Waals surface area contributed by atoms with Crippen LogP contribution in [0.1, 0.15) is 38.3 Å². The number of ether oxygens (including phenoxy) is 6. The molecule has 1 unspecified atom stereocenters. The summed E-state index contributed by atoms with van der Waals surface area (Å²) in [6.45, 7) is 0.860. The molecule has 3 rings (SSSR count). The zero-order chi connectivity index (χ0) is 39.7. The number of amides is 3.